The van der Waals surface area contributed by atoms with Crippen LogP contribution in [-0.2, 0) is 11.3 Å². The van der Waals surface area contributed by atoms with Crippen molar-refractivity contribution < 1.29 is 9.90 Å². The molecule has 14 heavy (non-hydrogen) atoms. The molecule has 0 amide bonds. The van der Waals surface area contributed by atoms with Gasteiger partial charge in [0.25, 0.3) is 0 Å². The quantitative estimate of drug-likeness (QED) is 0.665. The van der Waals surface area contributed by atoms with Gasteiger partial charge < -0.3 is 15.4 Å². The van der Waals surface area contributed by atoms with Crippen molar-refractivity contribution in [2.45, 2.75) is 25.9 Å². The van der Waals surface area contributed by atoms with Crippen LogP contribution in [0.25, 0.3) is 0 Å². The number of nitrogens with one attached hydrogen (secondary N) is 2. The summed E-state index contributed by atoms with van der Waals surface area (Å²) in [7, 11) is 0. The number of aromatic amines is 1. The molecular formula is C8H12N2O3S. The van der Waals surface area contributed by atoms with Crippen molar-refractivity contribution >= 4 is 17.3 Å². The number of aliphatic carboxylic acids is 1. The molecule has 1 rings (SSSR count). The lowest BCUT2D eigenvalue weighted by Crippen LogP contribution is -2.28. The summed E-state index contributed by atoms with van der Waals surface area (Å²) in [5.41, 5.74) is 0.789. The minimum Gasteiger partial charge on any atom is -0.481 e. The van der Waals surface area contributed by atoms with Gasteiger partial charge in [0, 0.05) is 23.7 Å². The van der Waals surface area contributed by atoms with Crippen molar-refractivity contribution in [3.63, 3.8) is 0 Å². The Morgan fingerprint density at radius 1 is 1.79 bits per heavy atom. The molecule has 1 aromatic rings. The Bertz CT molecular complexity index is 357. The molecule has 0 spiro atoms. The van der Waals surface area contributed by atoms with Gasteiger partial charge in [0.1, 0.15) is 0 Å². The molecule has 0 aromatic carbocycles. The van der Waals surface area contributed by atoms with Crippen LogP contribution in [0.5, 0.6) is 0 Å². The van der Waals surface area contributed by atoms with Gasteiger partial charge in [-0.3, -0.25) is 9.59 Å². The summed E-state index contributed by atoms with van der Waals surface area (Å²) in [6.45, 7) is 2.28. The molecular weight excluding hydrogens is 204 g/mol. The molecule has 78 valence electrons. The van der Waals surface area contributed by atoms with E-state index in [1.807, 2.05) is 0 Å². The maximum absolute atomic E-state index is 10.8. The maximum Gasteiger partial charge on any atom is 0.304 e. The van der Waals surface area contributed by atoms with Gasteiger partial charge in [-0.25, -0.2) is 0 Å². The third kappa shape index (κ3) is 3.71. The van der Waals surface area contributed by atoms with E-state index < -0.39 is 5.97 Å². The Balaban J connectivity index is 2.33. The molecule has 0 aliphatic rings. The van der Waals surface area contributed by atoms with Crippen molar-refractivity contribution in [1.29, 1.82) is 0 Å². The molecule has 1 aromatic heterocycles. The van der Waals surface area contributed by atoms with Gasteiger partial charge >= 0.3 is 10.8 Å². The molecule has 1 heterocycles. The highest BCUT2D eigenvalue weighted by atomic mass is 32.1. The molecule has 0 fully saturated rings. The predicted octanol–water partition coefficient (Wildman–Crippen LogP) is 0.389. The molecule has 0 aliphatic heterocycles. The molecule has 0 aliphatic carbocycles. The molecule has 6 heteroatoms. The first kappa shape index (κ1) is 10.9. The summed E-state index contributed by atoms with van der Waals surface area (Å²) >= 11 is 1.10. The molecule has 0 bridgehead atoms. The van der Waals surface area contributed by atoms with E-state index in [-0.39, 0.29) is 17.3 Å². The Morgan fingerprint density at radius 3 is 3.00 bits per heavy atom. The zero-order valence-corrected chi connectivity index (χ0v) is 8.56. The first-order valence-corrected chi connectivity index (χ1v) is 5.07. The fourth-order valence-electron chi connectivity index (χ4n) is 1.02. The van der Waals surface area contributed by atoms with E-state index in [1.54, 1.807) is 12.3 Å². The average Bonchev–Trinajstić information content (AvgIpc) is 2.47. The van der Waals surface area contributed by atoms with Crippen LogP contribution in [0.1, 0.15) is 19.0 Å². The molecule has 1 atom stereocenters. The Morgan fingerprint density at radius 2 is 2.50 bits per heavy atom. The van der Waals surface area contributed by atoms with Crippen LogP contribution in [0, 0.1) is 0 Å². The fraction of sp³-hybridized carbons (Fsp3) is 0.500. The number of carboxylic acid groups (broad SMARTS) is 1. The topological polar surface area (TPSA) is 82.2 Å². The fourth-order valence-corrected chi connectivity index (χ4v) is 1.60. The lowest BCUT2D eigenvalue weighted by Gasteiger charge is -2.09. The molecule has 1 unspecified atom stereocenters. The second kappa shape index (κ2) is 4.92. The summed E-state index contributed by atoms with van der Waals surface area (Å²) in [6.07, 6.45) is 0.0777. The minimum atomic E-state index is -0.830. The van der Waals surface area contributed by atoms with Gasteiger partial charge in [0.15, 0.2) is 0 Å². The highest BCUT2D eigenvalue weighted by molar-refractivity contribution is 7.07. The van der Waals surface area contributed by atoms with E-state index in [2.05, 4.69) is 10.3 Å². The zero-order chi connectivity index (χ0) is 10.6. The van der Waals surface area contributed by atoms with Crippen LogP contribution in [0.15, 0.2) is 10.2 Å². The van der Waals surface area contributed by atoms with Crippen molar-refractivity contribution in [2.24, 2.45) is 0 Å². The zero-order valence-electron chi connectivity index (χ0n) is 7.74. The Hall–Kier alpha value is -1.14. The van der Waals surface area contributed by atoms with Crippen LogP contribution < -0.4 is 10.2 Å². The SMILES string of the molecule is CC(CC(=O)O)NCc1csc(=O)[nH]1. The third-order valence-electron chi connectivity index (χ3n) is 1.69. The van der Waals surface area contributed by atoms with Gasteiger partial charge in [-0.15, -0.1) is 0 Å². The second-order valence-corrected chi connectivity index (χ2v) is 3.90. The number of aromatic nitrogens is 1. The van der Waals surface area contributed by atoms with Crippen LogP contribution in [0.3, 0.4) is 0 Å². The second-order valence-electron chi connectivity index (χ2n) is 3.05. The van der Waals surface area contributed by atoms with E-state index >= 15 is 0 Å². The number of hydrogen-bond donors (Lipinski definition) is 3. The van der Waals surface area contributed by atoms with Crippen molar-refractivity contribution in [3.05, 3.63) is 20.7 Å². The smallest absolute Gasteiger partial charge is 0.304 e. The van der Waals surface area contributed by atoms with Crippen molar-refractivity contribution in [3.8, 4) is 0 Å². The minimum absolute atomic E-state index is 0.0777. The highest BCUT2D eigenvalue weighted by Gasteiger charge is 2.06. The van der Waals surface area contributed by atoms with Crippen molar-refractivity contribution in [1.82, 2.24) is 10.3 Å². The number of thiazole rings is 1. The van der Waals surface area contributed by atoms with E-state index in [1.165, 1.54) is 0 Å². The van der Waals surface area contributed by atoms with Crippen LogP contribution >= 0.6 is 11.3 Å². The number of carboxylic acids is 1. The number of rotatable bonds is 5. The van der Waals surface area contributed by atoms with Gasteiger partial charge in [0.2, 0.25) is 0 Å². The summed E-state index contributed by atoms with van der Waals surface area (Å²) in [5.74, 6) is -0.830. The Kier molecular flexibility index (Phi) is 3.84. The lowest BCUT2D eigenvalue weighted by atomic mass is 10.2. The van der Waals surface area contributed by atoms with E-state index in [9.17, 15) is 9.59 Å². The highest BCUT2D eigenvalue weighted by Crippen LogP contribution is 1.97. The average molecular weight is 216 g/mol. The molecule has 0 radical (unpaired) electrons. The number of H-pyrrole nitrogens is 1. The summed E-state index contributed by atoms with van der Waals surface area (Å²) in [4.78, 5) is 23.6. The standard InChI is InChI=1S/C8H12N2O3S/c1-5(2-7(11)12)9-3-6-4-14-8(13)10-6/h4-5,9H,2-3H2,1H3,(H,10,13)(H,11,12). The first-order valence-electron chi connectivity index (χ1n) is 4.20. The summed E-state index contributed by atoms with van der Waals surface area (Å²) in [5, 5.41) is 13.2. The number of carbonyl (C=O) groups is 1. The third-order valence-corrected chi connectivity index (χ3v) is 2.41. The monoisotopic (exact) mass is 216 g/mol. The largest absolute Gasteiger partial charge is 0.481 e. The van der Waals surface area contributed by atoms with Gasteiger partial charge in [-0.05, 0) is 6.92 Å². The first-order chi connectivity index (χ1) is 6.58. The van der Waals surface area contributed by atoms with Crippen LogP contribution in [0.2, 0.25) is 0 Å². The molecule has 0 saturated heterocycles. The van der Waals surface area contributed by atoms with E-state index in [0.717, 1.165) is 17.0 Å². The predicted molar refractivity (Wildman–Crippen MR) is 53.5 cm³/mol. The van der Waals surface area contributed by atoms with Crippen molar-refractivity contribution in [2.75, 3.05) is 0 Å². The lowest BCUT2D eigenvalue weighted by molar-refractivity contribution is -0.137. The Labute approximate surface area is 84.8 Å². The number of hydrogen-bond acceptors (Lipinski definition) is 4. The van der Waals surface area contributed by atoms with Gasteiger partial charge in [0.05, 0.1) is 6.42 Å². The summed E-state index contributed by atoms with van der Waals surface area (Å²) in [6, 6.07) is -0.101. The van der Waals surface area contributed by atoms with Crippen LogP contribution in [-0.4, -0.2) is 22.1 Å². The van der Waals surface area contributed by atoms with Gasteiger partial charge in [-0.1, -0.05) is 11.3 Å². The molecule has 0 saturated carbocycles. The van der Waals surface area contributed by atoms with Gasteiger partial charge in [-0.2, -0.15) is 0 Å². The van der Waals surface area contributed by atoms with Crippen LogP contribution in [0.4, 0.5) is 0 Å². The maximum atomic E-state index is 10.8. The molecule has 5 nitrogen and oxygen atoms in total. The van der Waals surface area contributed by atoms with E-state index in [0.29, 0.717) is 6.54 Å². The molecule has 3 N–H and O–H groups in total. The summed E-state index contributed by atoms with van der Waals surface area (Å²) < 4.78 is 0. The normalized spacial score (nSPS) is 12.6. The van der Waals surface area contributed by atoms with E-state index in [4.69, 9.17) is 5.11 Å².